The van der Waals surface area contributed by atoms with Gasteiger partial charge < -0.3 is 10.8 Å². The minimum Gasteiger partial charge on any atom is -0.384 e. The highest BCUT2D eigenvalue weighted by atomic mass is 16.2. The number of rotatable bonds is 3. The summed E-state index contributed by atoms with van der Waals surface area (Å²) in [6, 6.07) is 7.72. The highest BCUT2D eigenvalue weighted by Gasteiger charge is 2.26. The maximum Gasteiger partial charge on any atom is 0.234 e. The molecule has 0 spiro atoms. The number of amides is 1. The highest BCUT2D eigenvalue weighted by molar-refractivity contribution is 5.79. The van der Waals surface area contributed by atoms with Crippen LogP contribution in [0.2, 0.25) is 0 Å². The van der Waals surface area contributed by atoms with Crippen LogP contribution in [0.4, 0.5) is 0 Å². The fourth-order valence-corrected chi connectivity index (χ4v) is 2.63. The zero-order valence-electron chi connectivity index (χ0n) is 11.5. The molecule has 0 aliphatic carbocycles. The van der Waals surface area contributed by atoms with Gasteiger partial charge in [-0.3, -0.25) is 9.69 Å². The van der Waals surface area contributed by atoms with Crippen LogP contribution in [0.15, 0.2) is 24.3 Å². The smallest absolute Gasteiger partial charge is 0.234 e. The molecule has 0 bridgehead atoms. The predicted molar refractivity (Wildman–Crippen MR) is 77.6 cm³/mol. The first-order valence-corrected chi connectivity index (χ1v) is 6.93. The van der Waals surface area contributed by atoms with Gasteiger partial charge in [0.15, 0.2) is 0 Å². The molecule has 1 atom stereocenters. The Morgan fingerprint density at radius 1 is 1.45 bits per heavy atom. The van der Waals surface area contributed by atoms with E-state index in [0.29, 0.717) is 6.54 Å². The quantitative estimate of drug-likeness (QED) is 0.802. The first-order valence-electron chi connectivity index (χ1n) is 6.93. The van der Waals surface area contributed by atoms with E-state index in [1.807, 2.05) is 24.3 Å². The Hall–Kier alpha value is -1.83. The maximum absolute atomic E-state index is 11.5. The number of nitrogens with zero attached hydrogens (tertiary/aromatic N) is 1. The number of carbonyl (C=O) groups excluding carboxylic acids is 1. The van der Waals surface area contributed by atoms with Crippen LogP contribution < -0.4 is 5.73 Å². The van der Waals surface area contributed by atoms with Gasteiger partial charge >= 0.3 is 0 Å². The zero-order chi connectivity index (χ0) is 14.4. The molecule has 2 rings (SSSR count). The molecule has 1 aliphatic heterocycles. The number of likely N-dealkylation sites (tertiary alicyclic amines) is 1. The second-order valence-electron chi connectivity index (χ2n) is 5.04. The molecule has 1 saturated heterocycles. The third-order valence-corrected chi connectivity index (χ3v) is 3.57. The molecule has 1 heterocycles. The van der Waals surface area contributed by atoms with Crippen molar-refractivity contribution in [3.63, 3.8) is 0 Å². The number of primary amides is 1. The van der Waals surface area contributed by atoms with Crippen LogP contribution in [0.3, 0.4) is 0 Å². The van der Waals surface area contributed by atoms with Crippen molar-refractivity contribution < 1.29 is 9.90 Å². The molecule has 4 heteroatoms. The summed E-state index contributed by atoms with van der Waals surface area (Å²) in [7, 11) is 0. The van der Waals surface area contributed by atoms with Crippen LogP contribution in [-0.2, 0) is 11.3 Å². The normalized spacial score (nSPS) is 19.1. The minimum absolute atomic E-state index is 0.139. The summed E-state index contributed by atoms with van der Waals surface area (Å²) in [6.45, 7) is 1.47. The highest BCUT2D eigenvalue weighted by Crippen LogP contribution is 2.19. The number of nitrogens with two attached hydrogens (primary N) is 1. The SMILES string of the molecule is NC(=O)C1CCCCN1Cc1cccc(C#CCO)c1. The summed E-state index contributed by atoms with van der Waals surface area (Å²) in [5.74, 6) is 5.30. The molecule has 0 aromatic heterocycles. The van der Waals surface area contributed by atoms with E-state index >= 15 is 0 Å². The van der Waals surface area contributed by atoms with Crippen molar-refractivity contribution in [3.8, 4) is 11.8 Å². The van der Waals surface area contributed by atoms with Crippen LogP contribution in [0, 0.1) is 11.8 Å². The van der Waals surface area contributed by atoms with Crippen molar-refractivity contribution in [1.29, 1.82) is 0 Å². The van der Waals surface area contributed by atoms with Crippen LogP contribution in [0.25, 0.3) is 0 Å². The third-order valence-electron chi connectivity index (χ3n) is 3.57. The lowest BCUT2D eigenvalue weighted by molar-refractivity contribution is -0.124. The van der Waals surface area contributed by atoms with Crippen molar-refractivity contribution in [1.82, 2.24) is 4.90 Å². The average molecular weight is 272 g/mol. The summed E-state index contributed by atoms with van der Waals surface area (Å²) >= 11 is 0. The first-order chi connectivity index (χ1) is 9.70. The van der Waals surface area contributed by atoms with Crippen LogP contribution >= 0.6 is 0 Å². The average Bonchev–Trinajstić information content (AvgIpc) is 2.46. The fraction of sp³-hybridized carbons (Fsp3) is 0.438. The Balaban J connectivity index is 2.10. The lowest BCUT2D eigenvalue weighted by Crippen LogP contribution is -2.47. The van der Waals surface area contributed by atoms with Crippen LogP contribution in [-0.4, -0.2) is 35.1 Å². The Morgan fingerprint density at radius 3 is 3.05 bits per heavy atom. The molecule has 1 aliphatic rings. The van der Waals surface area contributed by atoms with E-state index in [2.05, 4.69) is 16.7 Å². The van der Waals surface area contributed by atoms with E-state index in [1.165, 1.54) is 0 Å². The van der Waals surface area contributed by atoms with Gasteiger partial charge in [-0.1, -0.05) is 30.4 Å². The summed E-state index contributed by atoms with van der Waals surface area (Å²) in [5, 5.41) is 8.72. The van der Waals surface area contributed by atoms with Gasteiger partial charge in [-0.05, 0) is 37.1 Å². The van der Waals surface area contributed by atoms with E-state index in [0.717, 1.165) is 36.9 Å². The molecule has 1 unspecified atom stereocenters. The topological polar surface area (TPSA) is 66.6 Å². The van der Waals surface area contributed by atoms with Gasteiger partial charge in [0.05, 0.1) is 6.04 Å². The molecular weight excluding hydrogens is 252 g/mol. The third kappa shape index (κ3) is 3.83. The molecular formula is C16H20N2O2. The number of aliphatic hydroxyl groups is 1. The van der Waals surface area contributed by atoms with Gasteiger partial charge in [-0.2, -0.15) is 0 Å². The van der Waals surface area contributed by atoms with Gasteiger partial charge in [0, 0.05) is 12.1 Å². The number of benzene rings is 1. The van der Waals surface area contributed by atoms with Crippen LogP contribution in [0.5, 0.6) is 0 Å². The van der Waals surface area contributed by atoms with Crippen molar-refractivity contribution in [2.45, 2.75) is 31.8 Å². The monoisotopic (exact) mass is 272 g/mol. The largest absolute Gasteiger partial charge is 0.384 e. The van der Waals surface area contributed by atoms with E-state index in [1.54, 1.807) is 0 Å². The van der Waals surface area contributed by atoms with E-state index in [4.69, 9.17) is 10.8 Å². The molecule has 3 N–H and O–H groups in total. The maximum atomic E-state index is 11.5. The first kappa shape index (κ1) is 14.6. The minimum atomic E-state index is -0.235. The molecule has 0 radical (unpaired) electrons. The Bertz CT molecular complexity index is 531. The summed E-state index contributed by atoms with van der Waals surface area (Å²) in [5.41, 5.74) is 7.47. The molecule has 1 aromatic carbocycles. The van der Waals surface area contributed by atoms with Crippen molar-refractivity contribution in [2.75, 3.05) is 13.2 Å². The molecule has 4 nitrogen and oxygen atoms in total. The van der Waals surface area contributed by atoms with Gasteiger partial charge in [0.2, 0.25) is 5.91 Å². The van der Waals surface area contributed by atoms with Crippen molar-refractivity contribution in [3.05, 3.63) is 35.4 Å². The Labute approximate surface area is 119 Å². The lowest BCUT2D eigenvalue weighted by Gasteiger charge is -2.33. The predicted octanol–water partition coefficient (Wildman–Crippen LogP) is 0.870. The Morgan fingerprint density at radius 2 is 2.30 bits per heavy atom. The van der Waals surface area contributed by atoms with E-state index in [9.17, 15) is 4.79 Å². The van der Waals surface area contributed by atoms with Gasteiger partial charge in [0.1, 0.15) is 6.61 Å². The van der Waals surface area contributed by atoms with E-state index < -0.39 is 0 Å². The summed E-state index contributed by atoms with van der Waals surface area (Å²) < 4.78 is 0. The van der Waals surface area contributed by atoms with Gasteiger partial charge in [-0.15, -0.1) is 0 Å². The standard InChI is InChI=1S/C16H20N2O2/c17-16(20)15-8-1-2-9-18(15)12-14-6-3-5-13(11-14)7-4-10-19/h3,5-6,11,15,19H,1-2,8-10,12H2,(H2,17,20). The molecule has 106 valence electrons. The Kier molecular flexibility index (Phi) is 5.16. The summed E-state index contributed by atoms with van der Waals surface area (Å²) in [4.78, 5) is 13.6. The number of piperidine rings is 1. The van der Waals surface area contributed by atoms with Gasteiger partial charge in [0.25, 0.3) is 0 Å². The second kappa shape index (κ2) is 7.09. The number of aliphatic hydroxyl groups excluding tert-OH is 1. The molecule has 0 saturated carbocycles. The lowest BCUT2D eigenvalue weighted by atomic mass is 10.0. The fourth-order valence-electron chi connectivity index (χ4n) is 2.63. The molecule has 1 aromatic rings. The summed E-state index contributed by atoms with van der Waals surface area (Å²) in [6.07, 6.45) is 3.01. The molecule has 1 amide bonds. The second-order valence-corrected chi connectivity index (χ2v) is 5.04. The van der Waals surface area contributed by atoms with Crippen LogP contribution in [0.1, 0.15) is 30.4 Å². The van der Waals surface area contributed by atoms with Crippen molar-refractivity contribution >= 4 is 5.91 Å². The number of hydrogen-bond acceptors (Lipinski definition) is 3. The van der Waals surface area contributed by atoms with Crippen molar-refractivity contribution in [2.24, 2.45) is 5.73 Å². The van der Waals surface area contributed by atoms with Gasteiger partial charge in [-0.25, -0.2) is 0 Å². The van der Waals surface area contributed by atoms with E-state index in [-0.39, 0.29) is 18.6 Å². The molecule has 1 fully saturated rings. The number of hydrogen-bond donors (Lipinski definition) is 2. The number of carbonyl (C=O) groups is 1. The molecule has 20 heavy (non-hydrogen) atoms. The zero-order valence-corrected chi connectivity index (χ0v) is 11.5.